The maximum absolute atomic E-state index is 12.7. The molecule has 4 amide bonds. The van der Waals surface area contributed by atoms with E-state index in [4.69, 9.17) is 0 Å². The number of aryl methyl sites for hydroxylation is 1. The van der Waals surface area contributed by atoms with Crippen LogP contribution in [-0.4, -0.2) is 40.3 Å². The normalized spacial score (nSPS) is 16.3. The quantitative estimate of drug-likeness (QED) is 0.565. The molecule has 7 heteroatoms. The first-order valence-electron chi connectivity index (χ1n) is 9.61. The van der Waals surface area contributed by atoms with Crippen LogP contribution in [0.4, 0.5) is 10.5 Å². The summed E-state index contributed by atoms with van der Waals surface area (Å²) in [5, 5.41) is 6.43. The lowest BCUT2D eigenvalue weighted by Crippen LogP contribution is -2.38. The molecular formula is C22H22N4O3. The fourth-order valence-electron chi connectivity index (χ4n) is 3.55. The van der Waals surface area contributed by atoms with Gasteiger partial charge in [0.05, 0.1) is 0 Å². The van der Waals surface area contributed by atoms with Gasteiger partial charge in [-0.2, -0.15) is 0 Å². The Kier molecular flexibility index (Phi) is 5.03. The lowest BCUT2D eigenvalue weighted by Gasteiger charge is -2.13. The van der Waals surface area contributed by atoms with Crippen LogP contribution in [0.3, 0.4) is 0 Å². The molecular weight excluding hydrogens is 368 g/mol. The predicted octanol–water partition coefficient (Wildman–Crippen LogP) is 2.83. The minimum atomic E-state index is -0.682. The lowest BCUT2D eigenvalue weighted by molar-refractivity contribution is -0.130. The van der Waals surface area contributed by atoms with E-state index < -0.39 is 23.9 Å². The van der Waals surface area contributed by atoms with Crippen molar-refractivity contribution in [2.75, 3.05) is 11.9 Å². The van der Waals surface area contributed by atoms with Crippen molar-refractivity contribution >= 4 is 34.4 Å². The number of fused-ring (bicyclic) bond motifs is 1. The molecule has 0 saturated carbocycles. The molecule has 0 spiro atoms. The molecule has 3 N–H and O–H groups in total. The van der Waals surface area contributed by atoms with Crippen LogP contribution in [0, 0.1) is 0 Å². The van der Waals surface area contributed by atoms with Gasteiger partial charge in [-0.15, -0.1) is 0 Å². The van der Waals surface area contributed by atoms with Crippen LogP contribution in [0.1, 0.15) is 18.1 Å². The first-order valence-corrected chi connectivity index (χ1v) is 9.61. The summed E-state index contributed by atoms with van der Waals surface area (Å²) in [6, 6.07) is 14.0. The summed E-state index contributed by atoms with van der Waals surface area (Å²) >= 11 is 0. The number of anilines is 1. The molecule has 0 unspecified atom stereocenters. The Labute approximate surface area is 168 Å². The number of nitrogens with zero attached hydrogens (tertiary/aromatic N) is 1. The Hall–Kier alpha value is -3.61. The number of hydrogen-bond donors (Lipinski definition) is 3. The summed E-state index contributed by atoms with van der Waals surface area (Å²) in [6.07, 6.45) is 3.12. The van der Waals surface area contributed by atoms with E-state index >= 15 is 0 Å². The molecule has 1 aliphatic rings. The van der Waals surface area contributed by atoms with Gasteiger partial charge in [0, 0.05) is 29.2 Å². The number of amides is 4. The van der Waals surface area contributed by atoms with Crippen LogP contribution in [0.25, 0.3) is 10.9 Å². The van der Waals surface area contributed by atoms with E-state index in [2.05, 4.69) is 22.5 Å². The topological polar surface area (TPSA) is 94.3 Å². The SMILES string of the molecule is CCc1ccc(NC(=O)CN2C(=O)N[C@H](Cc3c[nH]c4ccccc34)C2=O)cc1. The van der Waals surface area contributed by atoms with Gasteiger partial charge in [0.25, 0.3) is 5.91 Å². The summed E-state index contributed by atoms with van der Waals surface area (Å²) in [7, 11) is 0. The van der Waals surface area contributed by atoms with Gasteiger partial charge in [-0.3, -0.25) is 14.5 Å². The third-order valence-electron chi connectivity index (χ3n) is 5.15. The number of benzene rings is 2. The summed E-state index contributed by atoms with van der Waals surface area (Å²) < 4.78 is 0. The van der Waals surface area contributed by atoms with Gasteiger partial charge in [0.1, 0.15) is 12.6 Å². The highest BCUT2D eigenvalue weighted by Gasteiger charge is 2.39. The third-order valence-corrected chi connectivity index (χ3v) is 5.15. The molecule has 148 valence electrons. The number of carbonyl (C=O) groups is 3. The molecule has 0 aliphatic carbocycles. The van der Waals surface area contributed by atoms with Crippen LogP contribution in [0.5, 0.6) is 0 Å². The number of aromatic amines is 1. The molecule has 3 aromatic rings. The smallest absolute Gasteiger partial charge is 0.325 e. The van der Waals surface area contributed by atoms with Crippen LogP contribution < -0.4 is 10.6 Å². The van der Waals surface area contributed by atoms with Crippen molar-refractivity contribution < 1.29 is 14.4 Å². The monoisotopic (exact) mass is 390 g/mol. The summed E-state index contributed by atoms with van der Waals surface area (Å²) in [4.78, 5) is 41.4. The zero-order chi connectivity index (χ0) is 20.4. The second-order valence-electron chi connectivity index (χ2n) is 7.09. The maximum atomic E-state index is 12.7. The number of H-pyrrole nitrogens is 1. The number of imide groups is 1. The van der Waals surface area contributed by atoms with Crippen molar-refractivity contribution in [1.29, 1.82) is 0 Å². The number of urea groups is 1. The van der Waals surface area contributed by atoms with E-state index in [1.165, 1.54) is 0 Å². The van der Waals surface area contributed by atoms with Crippen LogP contribution >= 0.6 is 0 Å². The van der Waals surface area contributed by atoms with Crippen molar-refractivity contribution in [3.63, 3.8) is 0 Å². The molecule has 1 aromatic heterocycles. The number of para-hydroxylation sites is 1. The Morgan fingerprint density at radius 2 is 1.86 bits per heavy atom. The highest BCUT2D eigenvalue weighted by atomic mass is 16.2. The van der Waals surface area contributed by atoms with Crippen molar-refractivity contribution in [1.82, 2.24) is 15.2 Å². The highest BCUT2D eigenvalue weighted by Crippen LogP contribution is 2.21. The largest absolute Gasteiger partial charge is 0.361 e. The van der Waals surface area contributed by atoms with Crippen LogP contribution in [0.15, 0.2) is 54.7 Å². The van der Waals surface area contributed by atoms with Gasteiger partial charge in [-0.05, 0) is 35.7 Å². The highest BCUT2D eigenvalue weighted by molar-refractivity contribution is 6.08. The van der Waals surface area contributed by atoms with Gasteiger partial charge in [-0.25, -0.2) is 4.79 Å². The van der Waals surface area contributed by atoms with E-state index in [0.717, 1.165) is 33.4 Å². The molecule has 2 aromatic carbocycles. The van der Waals surface area contributed by atoms with Gasteiger partial charge < -0.3 is 15.6 Å². The van der Waals surface area contributed by atoms with Gasteiger partial charge >= 0.3 is 6.03 Å². The molecule has 2 heterocycles. The average Bonchev–Trinajstić information content (AvgIpc) is 3.25. The van der Waals surface area contributed by atoms with E-state index in [1.807, 2.05) is 54.7 Å². The number of nitrogens with one attached hydrogen (secondary N) is 3. The summed E-state index contributed by atoms with van der Waals surface area (Å²) in [5.41, 5.74) is 3.72. The molecule has 1 fully saturated rings. The van der Waals surface area contributed by atoms with Gasteiger partial charge in [0.15, 0.2) is 0 Å². The fourth-order valence-corrected chi connectivity index (χ4v) is 3.55. The molecule has 1 atom stereocenters. The Morgan fingerprint density at radius 3 is 2.62 bits per heavy atom. The van der Waals surface area contributed by atoms with E-state index in [9.17, 15) is 14.4 Å². The second kappa shape index (κ2) is 7.79. The van der Waals surface area contributed by atoms with E-state index in [-0.39, 0.29) is 6.54 Å². The first-order chi connectivity index (χ1) is 14.0. The standard InChI is InChI=1S/C22H22N4O3/c1-2-14-7-9-16(10-8-14)24-20(27)13-26-21(28)19(25-22(26)29)11-15-12-23-18-6-4-3-5-17(15)18/h3-10,12,19,23H,2,11,13H2,1H3,(H,24,27)(H,25,29)/t19-/m1/s1. The zero-order valence-electron chi connectivity index (χ0n) is 16.1. The predicted molar refractivity (Wildman–Crippen MR) is 110 cm³/mol. The molecule has 0 bridgehead atoms. The Bertz CT molecular complexity index is 1070. The third kappa shape index (κ3) is 3.85. The number of rotatable bonds is 6. The molecule has 4 rings (SSSR count). The van der Waals surface area contributed by atoms with E-state index in [1.54, 1.807) is 0 Å². The molecule has 1 saturated heterocycles. The van der Waals surface area contributed by atoms with E-state index in [0.29, 0.717) is 12.1 Å². The van der Waals surface area contributed by atoms with Crippen molar-refractivity contribution in [3.8, 4) is 0 Å². The Balaban J connectivity index is 1.40. The molecule has 0 radical (unpaired) electrons. The summed E-state index contributed by atoms with van der Waals surface area (Å²) in [5.74, 6) is -0.803. The second-order valence-corrected chi connectivity index (χ2v) is 7.09. The number of carbonyl (C=O) groups excluding carboxylic acids is 3. The maximum Gasteiger partial charge on any atom is 0.325 e. The van der Waals surface area contributed by atoms with Gasteiger partial charge in [0.2, 0.25) is 5.91 Å². The van der Waals surface area contributed by atoms with Crippen molar-refractivity contribution in [2.45, 2.75) is 25.8 Å². The zero-order valence-corrected chi connectivity index (χ0v) is 16.1. The minimum absolute atomic E-state index is 0.315. The lowest BCUT2D eigenvalue weighted by atomic mass is 10.1. The summed E-state index contributed by atoms with van der Waals surface area (Å²) in [6.45, 7) is 1.74. The van der Waals surface area contributed by atoms with Crippen LogP contribution in [0.2, 0.25) is 0 Å². The van der Waals surface area contributed by atoms with Crippen molar-refractivity contribution in [3.05, 3.63) is 65.9 Å². The Morgan fingerprint density at radius 1 is 1.10 bits per heavy atom. The van der Waals surface area contributed by atoms with Crippen LogP contribution in [-0.2, 0) is 22.4 Å². The molecule has 7 nitrogen and oxygen atoms in total. The minimum Gasteiger partial charge on any atom is -0.361 e. The average molecular weight is 390 g/mol. The molecule has 1 aliphatic heterocycles. The fraction of sp³-hybridized carbons (Fsp3) is 0.227. The molecule has 29 heavy (non-hydrogen) atoms. The number of aromatic nitrogens is 1. The van der Waals surface area contributed by atoms with Crippen molar-refractivity contribution in [2.24, 2.45) is 0 Å². The number of hydrogen-bond acceptors (Lipinski definition) is 3. The first kappa shape index (κ1) is 18.7. The van der Waals surface area contributed by atoms with Gasteiger partial charge in [-0.1, -0.05) is 37.3 Å².